The second-order valence-electron chi connectivity index (χ2n) is 4.15. The van der Waals surface area contributed by atoms with Gasteiger partial charge >= 0.3 is 0 Å². The first-order valence-electron chi connectivity index (χ1n) is 6.02. The van der Waals surface area contributed by atoms with E-state index in [1.807, 2.05) is 24.4 Å². The van der Waals surface area contributed by atoms with Gasteiger partial charge in [-0.3, -0.25) is 4.79 Å². The third-order valence-electron chi connectivity index (χ3n) is 2.99. The lowest BCUT2D eigenvalue weighted by Crippen LogP contribution is -2.26. The number of benzene rings is 1. The zero-order chi connectivity index (χ0) is 13.8. The Hall–Kier alpha value is -2.12. The molecular formula is C15H14N2OS. The van der Waals surface area contributed by atoms with Crippen LogP contribution < -0.4 is 4.90 Å². The van der Waals surface area contributed by atoms with Crippen LogP contribution in [0.1, 0.15) is 27.7 Å². The van der Waals surface area contributed by atoms with E-state index in [0.29, 0.717) is 5.56 Å². The average Bonchev–Trinajstić information content (AvgIpc) is 2.94. The monoisotopic (exact) mass is 270 g/mol. The fraction of sp³-hybridized carbons (Fsp3) is 0.200. The zero-order valence-corrected chi connectivity index (χ0v) is 11.7. The first-order valence-corrected chi connectivity index (χ1v) is 6.90. The van der Waals surface area contributed by atoms with E-state index in [9.17, 15) is 4.79 Å². The number of nitrogens with zero attached hydrogens (tertiary/aromatic N) is 2. The van der Waals surface area contributed by atoms with E-state index in [0.717, 1.165) is 22.5 Å². The van der Waals surface area contributed by atoms with Crippen molar-refractivity contribution < 1.29 is 4.79 Å². The molecule has 2 rings (SSSR count). The standard InChI is InChI=1S/C15H14N2OS/c1-3-12-7-8-19-14(12)15(18)17(2)13-6-4-5-11(9-13)10-16/h4-9H,3H2,1-2H3. The van der Waals surface area contributed by atoms with Gasteiger partial charge in [-0.25, -0.2) is 0 Å². The van der Waals surface area contributed by atoms with Gasteiger partial charge in [0.25, 0.3) is 5.91 Å². The van der Waals surface area contributed by atoms with Crippen LogP contribution in [0.15, 0.2) is 35.7 Å². The van der Waals surface area contributed by atoms with Gasteiger partial charge in [0, 0.05) is 12.7 Å². The first kappa shape index (κ1) is 13.3. The van der Waals surface area contributed by atoms with E-state index in [-0.39, 0.29) is 5.91 Å². The second-order valence-corrected chi connectivity index (χ2v) is 5.07. The molecule has 0 aliphatic heterocycles. The Labute approximate surface area is 116 Å². The summed E-state index contributed by atoms with van der Waals surface area (Å²) in [6.07, 6.45) is 0.844. The molecule has 96 valence electrons. The summed E-state index contributed by atoms with van der Waals surface area (Å²) in [5.74, 6) is -0.0260. The van der Waals surface area contributed by atoms with Crippen molar-refractivity contribution in [2.24, 2.45) is 0 Å². The molecule has 2 aromatic rings. The van der Waals surface area contributed by atoms with Crippen molar-refractivity contribution in [2.75, 3.05) is 11.9 Å². The smallest absolute Gasteiger partial charge is 0.268 e. The highest BCUT2D eigenvalue weighted by Crippen LogP contribution is 2.23. The highest BCUT2D eigenvalue weighted by molar-refractivity contribution is 7.12. The highest BCUT2D eigenvalue weighted by atomic mass is 32.1. The number of carbonyl (C=O) groups excluding carboxylic acids is 1. The molecule has 0 unspecified atom stereocenters. The van der Waals surface area contributed by atoms with Crippen LogP contribution in [0.5, 0.6) is 0 Å². The molecule has 1 heterocycles. The molecule has 0 aliphatic rings. The van der Waals surface area contributed by atoms with Crippen LogP contribution >= 0.6 is 11.3 Å². The molecule has 0 fully saturated rings. The molecule has 0 saturated carbocycles. The van der Waals surface area contributed by atoms with E-state index in [1.54, 1.807) is 30.1 Å². The predicted octanol–water partition coefficient (Wildman–Crippen LogP) is 3.46. The molecule has 0 N–H and O–H groups in total. The summed E-state index contributed by atoms with van der Waals surface area (Å²) in [5, 5.41) is 10.8. The molecular weight excluding hydrogens is 256 g/mol. The summed E-state index contributed by atoms with van der Waals surface area (Å²) in [5.41, 5.74) is 2.36. The van der Waals surface area contributed by atoms with E-state index in [2.05, 4.69) is 6.07 Å². The number of hydrogen-bond donors (Lipinski definition) is 0. The summed E-state index contributed by atoms with van der Waals surface area (Å²) >= 11 is 1.46. The maximum absolute atomic E-state index is 12.4. The lowest BCUT2D eigenvalue weighted by atomic mass is 10.1. The largest absolute Gasteiger partial charge is 0.311 e. The van der Waals surface area contributed by atoms with Crippen LogP contribution in [0.4, 0.5) is 5.69 Å². The Morgan fingerprint density at radius 3 is 2.89 bits per heavy atom. The Balaban J connectivity index is 2.31. The van der Waals surface area contributed by atoms with Crippen LogP contribution in [0.2, 0.25) is 0 Å². The normalized spacial score (nSPS) is 9.95. The third kappa shape index (κ3) is 2.67. The minimum Gasteiger partial charge on any atom is -0.311 e. The highest BCUT2D eigenvalue weighted by Gasteiger charge is 2.17. The average molecular weight is 270 g/mol. The number of amides is 1. The van der Waals surface area contributed by atoms with Crippen molar-refractivity contribution >= 4 is 22.9 Å². The molecule has 0 saturated heterocycles. The number of nitriles is 1. The zero-order valence-electron chi connectivity index (χ0n) is 10.9. The fourth-order valence-corrected chi connectivity index (χ4v) is 2.83. The minimum atomic E-state index is -0.0260. The number of rotatable bonds is 3. The van der Waals surface area contributed by atoms with Crippen molar-refractivity contribution in [3.8, 4) is 6.07 Å². The molecule has 0 spiro atoms. The van der Waals surface area contributed by atoms with Gasteiger partial charge in [0.05, 0.1) is 16.5 Å². The number of hydrogen-bond acceptors (Lipinski definition) is 3. The van der Waals surface area contributed by atoms with Gasteiger partial charge in [0.15, 0.2) is 0 Å². The maximum atomic E-state index is 12.4. The molecule has 0 aliphatic carbocycles. The van der Waals surface area contributed by atoms with Gasteiger partial charge in [-0.1, -0.05) is 13.0 Å². The van der Waals surface area contributed by atoms with Crippen LogP contribution in [-0.4, -0.2) is 13.0 Å². The lowest BCUT2D eigenvalue weighted by molar-refractivity contribution is 0.0996. The van der Waals surface area contributed by atoms with Gasteiger partial charge in [-0.2, -0.15) is 5.26 Å². The van der Waals surface area contributed by atoms with E-state index >= 15 is 0 Å². The van der Waals surface area contributed by atoms with Crippen molar-refractivity contribution in [2.45, 2.75) is 13.3 Å². The van der Waals surface area contributed by atoms with Gasteiger partial charge < -0.3 is 4.90 Å². The molecule has 4 heteroatoms. The quantitative estimate of drug-likeness (QED) is 0.857. The Kier molecular flexibility index (Phi) is 3.98. The molecule has 1 aromatic heterocycles. The first-order chi connectivity index (χ1) is 9.17. The van der Waals surface area contributed by atoms with Crippen molar-refractivity contribution in [1.82, 2.24) is 0 Å². The molecule has 0 atom stereocenters. The molecule has 1 amide bonds. The fourth-order valence-electron chi connectivity index (χ4n) is 1.86. The SMILES string of the molecule is CCc1ccsc1C(=O)N(C)c1cccc(C#N)c1. The Bertz CT molecular complexity index is 640. The van der Waals surface area contributed by atoms with Crippen LogP contribution in [0, 0.1) is 11.3 Å². The second kappa shape index (κ2) is 5.68. The number of anilines is 1. The van der Waals surface area contributed by atoms with Crippen LogP contribution in [-0.2, 0) is 6.42 Å². The van der Waals surface area contributed by atoms with Crippen molar-refractivity contribution in [3.05, 3.63) is 51.7 Å². The number of aryl methyl sites for hydroxylation is 1. The predicted molar refractivity (Wildman–Crippen MR) is 77.6 cm³/mol. The molecule has 3 nitrogen and oxygen atoms in total. The maximum Gasteiger partial charge on any atom is 0.268 e. The lowest BCUT2D eigenvalue weighted by Gasteiger charge is -2.17. The summed E-state index contributed by atoms with van der Waals surface area (Å²) in [4.78, 5) is 14.8. The van der Waals surface area contributed by atoms with Gasteiger partial charge in [0.2, 0.25) is 0 Å². The third-order valence-corrected chi connectivity index (χ3v) is 3.93. The van der Waals surface area contributed by atoms with Gasteiger partial charge in [0.1, 0.15) is 0 Å². The molecule has 0 bridgehead atoms. The van der Waals surface area contributed by atoms with E-state index in [4.69, 9.17) is 5.26 Å². The number of carbonyl (C=O) groups is 1. The summed E-state index contributed by atoms with van der Waals surface area (Å²) < 4.78 is 0. The molecule has 0 radical (unpaired) electrons. The Morgan fingerprint density at radius 1 is 1.42 bits per heavy atom. The summed E-state index contributed by atoms with van der Waals surface area (Å²) in [6.45, 7) is 2.04. The van der Waals surface area contributed by atoms with Crippen LogP contribution in [0.3, 0.4) is 0 Å². The summed E-state index contributed by atoms with van der Waals surface area (Å²) in [6, 6.07) is 11.1. The summed E-state index contributed by atoms with van der Waals surface area (Å²) in [7, 11) is 1.73. The molecule has 19 heavy (non-hydrogen) atoms. The minimum absolute atomic E-state index is 0.0260. The molecule has 1 aromatic carbocycles. The van der Waals surface area contributed by atoms with E-state index in [1.165, 1.54) is 11.3 Å². The van der Waals surface area contributed by atoms with E-state index < -0.39 is 0 Å². The number of thiophene rings is 1. The van der Waals surface area contributed by atoms with Gasteiger partial charge in [-0.15, -0.1) is 11.3 Å². The van der Waals surface area contributed by atoms with Crippen molar-refractivity contribution in [1.29, 1.82) is 5.26 Å². The van der Waals surface area contributed by atoms with Gasteiger partial charge in [-0.05, 0) is 41.6 Å². The Morgan fingerprint density at radius 2 is 2.21 bits per heavy atom. The van der Waals surface area contributed by atoms with Crippen LogP contribution in [0.25, 0.3) is 0 Å². The van der Waals surface area contributed by atoms with Crippen molar-refractivity contribution in [3.63, 3.8) is 0 Å². The topological polar surface area (TPSA) is 44.1 Å².